The topological polar surface area (TPSA) is 42.2 Å². The van der Waals surface area contributed by atoms with Gasteiger partial charge < -0.3 is 5.32 Å². The Kier molecular flexibility index (Phi) is 2.45. The van der Waals surface area contributed by atoms with Crippen LogP contribution in [0.4, 0.5) is 0 Å². The monoisotopic (exact) mass is 190 g/mol. The average molecular weight is 190 g/mol. The summed E-state index contributed by atoms with van der Waals surface area (Å²) in [4.78, 5) is 4.39. The first-order valence-electron chi connectivity index (χ1n) is 4.77. The highest BCUT2D eigenvalue weighted by atomic mass is 15.3. The van der Waals surface area contributed by atoms with Gasteiger partial charge in [0.1, 0.15) is 5.82 Å². The molecular formula is C10H14N4. The van der Waals surface area contributed by atoms with E-state index in [0.717, 1.165) is 24.4 Å². The predicted molar refractivity (Wildman–Crippen MR) is 55.4 cm³/mol. The normalized spacial score (nSPS) is 11.0. The van der Waals surface area contributed by atoms with Crippen molar-refractivity contribution < 1.29 is 0 Å². The zero-order chi connectivity index (χ0) is 9.97. The highest BCUT2D eigenvalue weighted by Gasteiger charge is 2.03. The maximum absolute atomic E-state index is 4.39. The summed E-state index contributed by atoms with van der Waals surface area (Å²) >= 11 is 0. The maximum Gasteiger partial charge on any atom is 0.158 e. The van der Waals surface area contributed by atoms with E-state index in [-0.39, 0.29) is 0 Å². The molecule has 0 fully saturated rings. The van der Waals surface area contributed by atoms with Crippen molar-refractivity contribution in [2.45, 2.75) is 13.3 Å². The smallest absolute Gasteiger partial charge is 0.158 e. The van der Waals surface area contributed by atoms with Crippen molar-refractivity contribution in [3.8, 4) is 0 Å². The molecule has 4 heteroatoms. The number of nitrogens with one attached hydrogen (secondary N) is 1. The summed E-state index contributed by atoms with van der Waals surface area (Å²) in [6.45, 7) is 2.88. The molecule has 1 N–H and O–H groups in total. The molecule has 0 unspecified atom stereocenters. The minimum absolute atomic E-state index is 0.821. The number of aryl methyl sites for hydroxylation is 1. The number of hydrogen-bond donors (Lipinski definition) is 1. The van der Waals surface area contributed by atoms with Gasteiger partial charge in [-0.15, -0.1) is 0 Å². The lowest BCUT2D eigenvalue weighted by molar-refractivity contribution is 0.789. The summed E-state index contributed by atoms with van der Waals surface area (Å²) < 4.78 is 1.83. The first-order valence-corrected chi connectivity index (χ1v) is 4.77. The fourth-order valence-corrected chi connectivity index (χ4v) is 1.52. The van der Waals surface area contributed by atoms with E-state index in [0.29, 0.717) is 0 Å². The number of fused-ring (bicyclic) bond motifs is 1. The zero-order valence-electron chi connectivity index (χ0n) is 8.49. The van der Waals surface area contributed by atoms with Crippen LogP contribution in [0.2, 0.25) is 0 Å². The van der Waals surface area contributed by atoms with Crippen LogP contribution in [0.5, 0.6) is 0 Å². The third-order valence-electron chi connectivity index (χ3n) is 2.19. The molecule has 0 aliphatic carbocycles. The highest BCUT2D eigenvalue weighted by Crippen LogP contribution is 2.08. The Morgan fingerprint density at radius 3 is 3.14 bits per heavy atom. The second-order valence-corrected chi connectivity index (χ2v) is 3.31. The van der Waals surface area contributed by atoms with Crippen molar-refractivity contribution in [2.75, 3.05) is 13.6 Å². The molecule has 2 heterocycles. The fraction of sp³-hybridized carbons (Fsp3) is 0.400. The van der Waals surface area contributed by atoms with Gasteiger partial charge in [0.05, 0.1) is 0 Å². The molecule has 2 aromatic heterocycles. The summed E-state index contributed by atoms with van der Waals surface area (Å²) in [5, 5.41) is 7.40. The SMILES string of the molecule is CNCCc1cccn2nc(C)nc12. The van der Waals surface area contributed by atoms with E-state index in [1.165, 1.54) is 5.56 Å². The quantitative estimate of drug-likeness (QED) is 0.778. The lowest BCUT2D eigenvalue weighted by atomic mass is 10.2. The molecule has 2 rings (SSSR count). The molecule has 0 radical (unpaired) electrons. The van der Waals surface area contributed by atoms with Gasteiger partial charge in [-0.2, -0.15) is 5.10 Å². The van der Waals surface area contributed by atoms with E-state index in [9.17, 15) is 0 Å². The predicted octanol–water partition coefficient (Wildman–Crippen LogP) is 0.800. The molecule has 14 heavy (non-hydrogen) atoms. The summed E-state index contributed by atoms with van der Waals surface area (Å²) in [6.07, 6.45) is 2.91. The zero-order valence-corrected chi connectivity index (χ0v) is 8.49. The molecule has 0 saturated heterocycles. The number of pyridine rings is 1. The molecule has 4 nitrogen and oxygen atoms in total. The van der Waals surface area contributed by atoms with Gasteiger partial charge in [-0.3, -0.25) is 0 Å². The van der Waals surface area contributed by atoms with Gasteiger partial charge in [0.15, 0.2) is 5.65 Å². The van der Waals surface area contributed by atoms with Crippen LogP contribution in [0, 0.1) is 6.92 Å². The van der Waals surface area contributed by atoms with Crippen LogP contribution in [-0.4, -0.2) is 28.2 Å². The Bertz CT molecular complexity index is 433. The Morgan fingerprint density at radius 2 is 2.36 bits per heavy atom. The summed E-state index contributed by atoms with van der Waals surface area (Å²) in [7, 11) is 1.95. The van der Waals surface area contributed by atoms with Crippen LogP contribution >= 0.6 is 0 Å². The van der Waals surface area contributed by atoms with E-state index in [1.54, 1.807) is 0 Å². The van der Waals surface area contributed by atoms with Crippen LogP contribution in [0.15, 0.2) is 18.3 Å². The largest absolute Gasteiger partial charge is 0.319 e. The van der Waals surface area contributed by atoms with Crippen molar-refractivity contribution in [3.05, 3.63) is 29.7 Å². The number of rotatable bonds is 3. The summed E-state index contributed by atoms with van der Waals surface area (Å²) in [6, 6.07) is 4.10. The van der Waals surface area contributed by atoms with Gasteiger partial charge in [0, 0.05) is 6.20 Å². The second-order valence-electron chi connectivity index (χ2n) is 3.31. The maximum atomic E-state index is 4.39. The van der Waals surface area contributed by atoms with Crippen molar-refractivity contribution >= 4 is 5.65 Å². The molecule has 0 aliphatic heterocycles. The number of likely N-dealkylation sites (N-methyl/N-ethyl adjacent to an activating group) is 1. The molecule has 0 atom stereocenters. The van der Waals surface area contributed by atoms with Crippen molar-refractivity contribution in [1.82, 2.24) is 19.9 Å². The Labute approximate surface area is 83.0 Å². The standard InChI is InChI=1S/C10H14N4/c1-8-12-10-9(5-6-11-2)4-3-7-14(10)13-8/h3-4,7,11H,5-6H2,1-2H3. The minimum atomic E-state index is 0.821. The van der Waals surface area contributed by atoms with Crippen LogP contribution in [0.1, 0.15) is 11.4 Å². The number of hydrogen-bond acceptors (Lipinski definition) is 3. The van der Waals surface area contributed by atoms with Crippen molar-refractivity contribution in [2.24, 2.45) is 0 Å². The average Bonchev–Trinajstić information content (AvgIpc) is 2.55. The van der Waals surface area contributed by atoms with Gasteiger partial charge in [-0.1, -0.05) is 6.07 Å². The Hall–Kier alpha value is -1.42. The second kappa shape index (κ2) is 3.75. The van der Waals surface area contributed by atoms with Gasteiger partial charge in [0.25, 0.3) is 0 Å². The molecule has 0 bridgehead atoms. The molecule has 0 saturated carbocycles. The highest BCUT2D eigenvalue weighted by molar-refractivity contribution is 5.46. The number of aromatic nitrogens is 3. The Morgan fingerprint density at radius 1 is 1.50 bits per heavy atom. The third kappa shape index (κ3) is 1.61. The van der Waals surface area contributed by atoms with Gasteiger partial charge in [-0.25, -0.2) is 9.50 Å². The van der Waals surface area contributed by atoms with E-state index in [2.05, 4.69) is 21.5 Å². The van der Waals surface area contributed by atoms with E-state index < -0.39 is 0 Å². The Balaban J connectivity index is 2.42. The molecule has 0 aliphatic rings. The molecule has 0 aromatic carbocycles. The van der Waals surface area contributed by atoms with E-state index >= 15 is 0 Å². The first kappa shape index (κ1) is 9.15. The van der Waals surface area contributed by atoms with Crippen LogP contribution in [-0.2, 0) is 6.42 Å². The van der Waals surface area contributed by atoms with Gasteiger partial charge in [0.2, 0.25) is 0 Å². The molecule has 74 valence electrons. The van der Waals surface area contributed by atoms with E-state index in [4.69, 9.17) is 0 Å². The van der Waals surface area contributed by atoms with Crippen LogP contribution in [0.25, 0.3) is 5.65 Å². The third-order valence-corrected chi connectivity index (χ3v) is 2.19. The number of nitrogens with zero attached hydrogens (tertiary/aromatic N) is 3. The fourth-order valence-electron chi connectivity index (χ4n) is 1.52. The summed E-state index contributed by atoms with van der Waals surface area (Å²) in [5.41, 5.74) is 2.21. The molecule has 0 amide bonds. The lowest BCUT2D eigenvalue weighted by Crippen LogP contribution is -2.11. The van der Waals surface area contributed by atoms with E-state index in [1.807, 2.05) is 30.8 Å². The van der Waals surface area contributed by atoms with Crippen molar-refractivity contribution in [1.29, 1.82) is 0 Å². The van der Waals surface area contributed by atoms with Crippen molar-refractivity contribution in [3.63, 3.8) is 0 Å². The van der Waals surface area contributed by atoms with Crippen LogP contribution < -0.4 is 5.32 Å². The summed E-state index contributed by atoms with van der Waals surface area (Å²) in [5.74, 6) is 0.821. The molecule has 0 spiro atoms. The first-order chi connectivity index (χ1) is 6.81. The van der Waals surface area contributed by atoms with Gasteiger partial charge in [-0.05, 0) is 38.6 Å². The minimum Gasteiger partial charge on any atom is -0.319 e. The van der Waals surface area contributed by atoms with Gasteiger partial charge >= 0.3 is 0 Å². The molecule has 2 aromatic rings. The lowest BCUT2D eigenvalue weighted by Gasteiger charge is -2.01. The molecular weight excluding hydrogens is 176 g/mol. The van der Waals surface area contributed by atoms with Crippen LogP contribution in [0.3, 0.4) is 0 Å².